The molecular formula is C9H15NO6. The summed E-state index contributed by atoms with van der Waals surface area (Å²) in [5.74, 6) is -1.30. The zero-order valence-electron chi connectivity index (χ0n) is 9.08. The van der Waals surface area contributed by atoms with Crippen molar-refractivity contribution in [3.8, 4) is 0 Å². The molecule has 1 aliphatic rings. The first-order chi connectivity index (χ1) is 7.34. The number of carbonyl (C=O) groups is 2. The number of aliphatic hydroxyl groups excluding tert-OH is 2. The quantitative estimate of drug-likeness (QED) is 0.586. The van der Waals surface area contributed by atoms with E-state index in [1.807, 2.05) is 0 Å². The average Bonchev–Trinajstić information content (AvgIpc) is 2.39. The molecule has 1 rings (SSSR count). The van der Waals surface area contributed by atoms with E-state index in [2.05, 4.69) is 4.74 Å². The zero-order valence-corrected chi connectivity index (χ0v) is 9.08. The third kappa shape index (κ3) is 1.83. The number of aliphatic hydroxyl groups is 2. The third-order valence-corrected chi connectivity index (χ3v) is 2.67. The Balaban J connectivity index is 3.01. The van der Waals surface area contributed by atoms with Gasteiger partial charge in [0.1, 0.15) is 11.6 Å². The minimum absolute atomic E-state index is 0.0633. The molecule has 7 heteroatoms. The largest absolute Gasteiger partial charge is 0.480 e. The summed E-state index contributed by atoms with van der Waals surface area (Å²) in [5.41, 5.74) is -1.65. The molecule has 92 valence electrons. The number of aliphatic carboxylic acids is 1. The minimum Gasteiger partial charge on any atom is -0.480 e. The molecule has 3 N–H and O–H groups in total. The second kappa shape index (κ2) is 4.26. The van der Waals surface area contributed by atoms with E-state index in [0.717, 1.165) is 0 Å². The maximum atomic E-state index is 11.5. The predicted octanol–water partition coefficient (Wildman–Crippen LogP) is -0.629. The highest BCUT2D eigenvalue weighted by Gasteiger charge is 2.55. The topological polar surface area (TPSA) is 107 Å². The Morgan fingerprint density at radius 2 is 2.06 bits per heavy atom. The first kappa shape index (κ1) is 12.7. The van der Waals surface area contributed by atoms with Gasteiger partial charge in [-0.25, -0.2) is 9.59 Å². The molecule has 3 atom stereocenters. The summed E-state index contributed by atoms with van der Waals surface area (Å²) in [5, 5.41) is 28.0. The van der Waals surface area contributed by atoms with E-state index in [1.165, 1.54) is 6.92 Å². The van der Waals surface area contributed by atoms with Gasteiger partial charge in [-0.1, -0.05) is 0 Å². The molecular weight excluding hydrogens is 218 g/mol. The van der Waals surface area contributed by atoms with E-state index in [9.17, 15) is 19.8 Å². The lowest BCUT2D eigenvalue weighted by atomic mass is 9.99. The molecule has 1 fully saturated rings. The lowest BCUT2D eigenvalue weighted by Gasteiger charge is -2.31. The molecule has 1 saturated heterocycles. The molecule has 0 aromatic rings. The van der Waals surface area contributed by atoms with Gasteiger partial charge in [0.05, 0.1) is 6.61 Å². The SMILES string of the molecule is CCOC(=O)N1[C@H](O)[C@H](O)C[C@@]1(C)C(=O)O. The van der Waals surface area contributed by atoms with Crippen molar-refractivity contribution in [2.75, 3.05) is 6.61 Å². The minimum atomic E-state index is -1.65. The summed E-state index contributed by atoms with van der Waals surface area (Å²) in [6.45, 7) is 2.88. The van der Waals surface area contributed by atoms with Crippen LogP contribution in [0, 0.1) is 0 Å². The molecule has 16 heavy (non-hydrogen) atoms. The van der Waals surface area contributed by atoms with Gasteiger partial charge in [-0.2, -0.15) is 0 Å². The maximum Gasteiger partial charge on any atom is 0.412 e. The molecule has 0 bridgehead atoms. The highest BCUT2D eigenvalue weighted by Crippen LogP contribution is 2.33. The van der Waals surface area contributed by atoms with Crippen LogP contribution in [0.4, 0.5) is 4.79 Å². The molecule has 7 nitrogen and oxygen atoms in total. The van der Waals surface area contributed by atoms with Crippen LogP contribution in [-0.2, 0) is 9.53 Å². The highest BCUT2D eigenvalue weighted by atomic mass is 16.6. The lowest BCUT2D eigenvalue weighted by Crippen LogP contribution is -2.54. The summed E-state index contributed by atoms with van der Waals surface area (Å²) < 4.78 is 4.64. The summed E-state index contributed by atoms with van der Waals surface area (Å²) >= 11 is 0. The molecule has 0 spiro atoms. The van der Waals surface area contributed by atoms with Gasteiger partial charge in [-0.05, 0) is 13.8 Å². The van der Waals surface area contributed by atoms with Crippen molar-refractivity contribution in [2.24, 2.45) is 0 Å². The summed E-state index contributed by atoms with van der Waals surface area (Å²) in [7, 11) is 0. The Morgan fingerprint density at radius 3 is 2.50 bits per heavy atom. The number of carbonyl (C=O) groups excluding carboxylic acids is 1. The van der Waals surface area contributed by atoms with Crippen molar-refractivity contribution >= 4 is 12.1 Å². The second-order valence-electron chi connectivity index (χ2n) is 3.83. The molecule has 0 aliphatic carbocycles. The van der Waals surface area contributed by atoms with Crippen LogP contribution in [-0.4, -0.2) is 56.8 Å². The van der Waals surface area contributed by atoms with Crippen LogP contribution in [0.15, 0.2) is 0 Å². The number of ether oxygens (including phenoxy) is 1. The van der Waals surface area contributed by atoms with Crippen molar-refractivity contribution in [3.05, 3.63) is 0 Å². The van der Waals surface area contributed by atoms with E-state index >= 15 is 0 Å². The number of carboxylic acid groups (broad SMARTS) is 1. The van der Waals surface area contributed by atoms with Crippen molar-refractivity contribution in [1.82, 2.24) is 4.90 Å². The molecule has 0 aromatic heterocycles. The fourth-order valence-electron chi connectivity index (χ4n) is 1.77. The first-order valence-electron chi connectivity index (χ1n) is 4.90. The first-order valence-corrected chi connectivity index (χ1v) is 4.90. The molecule has 1 aliphatic heterocycles. The molecule has 1 heterocycles. The van der Waals surface area contributed by atoms with E-state index < -0.39 is 29.9 Å². The van der Waals surface area contributed by atoms with Gasteiger partial charge in [0.25, 0.3) is 0 Å². The van der Waals surface area contributed by atoms with Crippen LogP contribution in [0.1, 0.15) is 20.3 Å². The number of amides is 1. The Hall–Kier alpha value is -1.34. The highest BCUT2D eigenvalue weighted by molar-refractivity contribution is 5.85. The van der Waals surface area contributed by atoms with Crippen LogP contribution in [0.5, 0.6) is 0 Å². The summed E-state index contributed by atoms with van der Waals surface area (Å²) in [6.07, 6.45) is -4.02. The van der Waals surface area contributed by atoms with Gasteiger partial charge in [-0.15, -0.1) is 0 Å². The van der Waals surface area contributed by atoms with E-state index in [0.29, 0.717) is 4.90 Å². The number of carboxylic acids is 1. The zero-order chi connectivity index (χ0) is 12.5. The van der Waals surface area contributed by atoms with Gasteiger partial charge in [-0.3, -0.25) is 4.90 Å². The van der Waals surface area contributed by atoms with Crippen LogP contribution in [0.2, 0.25) is 0 Å². The number of likely N-dealkylation sites (tertiary alicyclic amines) is 1. The van der Waals surface area contributed by atoms with Crippen molar-refractivity contribution in [1.29, 1.82) is 0 Å². The summed E-state index contributed by atoms with van der Waals surface area (Å²) in [4.78, 5) is 23.2. The van der Waals surface area contributed by atoms with E-state index in [-0.39, 0.29) is 13.0 Å². The third-order valence-electron chi connectivity index (χ3n) is 2.67. The van der Waals surface area contributed by atoms with Crippen LogP contribution < -0.4 is 0 Å². The van der Waals surface area contributed by atoms with Gasteiger partial charge in [0.15, 0.2) is 6.23 Å². The number of nitrogens with zero attached hydrogens (tertiary/aromatic N) is 1. The van der Waals surface area contributed by atoms with E-state index in [1.54, 1.807) is 6.92 Å². The predicted molar refractivity (Wildman–Crippen MR) is 51.5 cm³/mol. The smallest absolute Gasteiger partial charge is 0.412 e. The molecule has 0 aromatic carbocycles. The van der Waals surface area contributed by atoms with E-state index in [4.69, 9.17) is 5.11 Å². The maximum absolute atomic E-state index is 11.5. The Kier molecular flexibility index (Phi) is 3.39. The van der Waals surface area contributed by atoms with Crippen molar-refractivity contribution < 1.29 is 29.6 Å². The van der Waals surface area contributed by atoms with Crippen molar-refractivity contribution in [3.63, 3.8) is 0 Å². The van der Waals surface area contributed by atoms with Crippen LogP contribution >= 0.6 is 0 Å². The summed E-state index contributed by atoms with van der Waals surface area (Å²) in [6, 6.07) is 0. The number of hydrogen-bond acceptors (Lipinski definition) is 5. The van der Waals surface area contributed by atoms with Gasteiger partial charge in [0.2, 0.25) is 0 Å². The van der Waals surface area contributed by atoms with Crippen LogP contribution in [0.25, 0.3) is 0 Å². The molecule has 0 saturated carbocycles. The van der Waals surface area contributed by atoms with Gasteiger partial charge in [0, 0.05) is 6.42 Å². The number of rotatable bonds is 2. The standard InChI is InChI=1S/C9H15NO6/c1-3-16-8(15)10-6(12)5(11)4-9(10,2)7(13)14/h5-6,11-12H,3-4H2,1-2H3,(H,13,14)/t5-,6-,9+/m1/s1. The van der Waals surface area contributed by atoms with Crippen molar-refractivity contribution in [2.45, 2.75) is 38.1 Å². The molecule has 1 amide bonds. The molecule has 0 unspecified atom stereocenters. The number of hydrogen-bond donors (Lipinski definition) is 3. The van der Waals surface area contributed by atoms with Crippen LogP contribution in [0.3, 0.4) is 0 Å². The van der Waals surface area contributed by atoms with Gasteiger partial charge >= 0.3 is 12.1 Å². The Morgan fingerprint density at radius 1 is 1.50 bits per heavy atom. The fourth-order valence-corrected chi connectivity index (χ4v) is 1.77. The molecule has 0 radical (unpaired) electrons. The van der Waals surface area contributed by atoms with Gasteiger partial charge < -0.3 is 20.1 Å². The second-order valence-corrected chi connectivity index (χ2v) is 3.83. The average molecular weight is 233 g/mol. The fraction of sp³-hybridized carbons (Fsp3) is 0.778. The lowest BCUT2D eigenvalue weighted by molar-refractivity contribution is -0.151. The Bertz CT molecular complexity index is 306. The monoisotopic (exact) mass is 233 g/mol. The Labute approximate surface area is 92.2 Å². The normalized spacial score (nSPS) is 33.9.